The van der Waals surface area contributed by atoms with Gasteiger partial charge >= 0.3 is 0 Å². The first kappa shape index (κ1) is 13.2. The number of hydrogen-bond donors (Lipinski definition) is 1. The van der Waals surface area contributed by atoms with Gasteiger partial charge in [-0.05, 0) is 37.6 Å². The van der Waals surface area contributed by atoms with Crippen LogP contribution >= 0.6 is 23.2 Å². The summed E-state index contributed by atoms with van der Waals surface area (Å²) in [5.74, 6) is 0. The molecule has 1 aromatic carbocycles. The number of hydrogen-bond acceptors (Lipinski definition) is 2. The van der Waals surface area contributed by atoms with E-state index in [0.717, 1.165) is 23.5 Å². The number of aryl methyl sites for hydroxylation is 2. The zero-order valence-corrected chi connectivity index (χ0v) is 11.9. The average molecular weight is 284 g/mol. The van der Waals surface area contributed by atoms with E-state index in [1.807, 2.05) is 29.8 Å². The highest BCUT2D eigenvalue weighted by Gasteiger charge is 2.06. The second-order valence-corrected chi connectivity index (χ2v) is 4.89. The van der Waals surface area contributed by atoms with Crippen molar-refractivity contribution >= 4 is 28.9 Å². The van der Waals surface area contributed by atoms with Crippen LogP contribution in [0, 0.1) is 6.92 Å². The molecule has 0 radical (unpaired) electrons. The molecule has 0 bridgehead atoms. The van der Waals surface area contributed by atoms with E-state index in [1.165, 1.54) is 0 Å². The van der Waals surface area contributed by atoms with Crippen LogP contribution in [0.5, 0.6) is 0 Å². The first-order valence-electron chi connectivity index (χ1n) is 5.82. The molecule has 0 fully saturated rings. The van der Waals surface area contributed by atoms with Crippen LogP contribution in [0.1, 0.15) is 18.2 Å². The summed E-state index contributed by atoms with van der Waals surface area (Å²) in [6.45, 7) is 5.52. The quantitative estimate of drug-likeness (QED) is 0.914. The Morgan fingerprint density at radius 3 is 2.78 bits per heavy atom. The van der Waals surface area contributed by atoms with Gasteiger partial charge in [0.2, 0.25) is 0 Å². The fraction of sp³-hybridized carbons (Fsp3) is 0.308. The Bertz CT molecular complexity index is 549. The monoisotopic (exact) mass is 283 g/mol. The average Bonchev–Trinajstić information content (AvgIpc) is 2.79. The lowest BCUT2D eigenvalue weighted by Gasteiger charge is -2.11. The van der Waals surface area contributed by atoms with Gasteiger partial charge in [0.15, 0.2) is 0 Å². The van der Waals surface area contributed by atoms with Gasteiger partial charge in [-0.15, -0.1) is 0 Å². The van der Waals surface area contributed by atoms with E-state index in [2.05, 4.69) is 17.3 Å². The van der Waals surface area contributed by atoms with Crippen molar-refractivity contribution in [1.29, 1.82) is 0 Å². The van der Waals surface area contributed by atoms with Crippen LogP contribution in [-0.4, -0.2) is 9.78 Å². The highest BCUT2D eigenvalue weighted by atomic mass is 35.5. The lowest BCUT2D eigenvalue weighted by molar-refractivity contribution is 0.627. The number of halogens is 2. The zero-order chi connectivity index (χ0) is 13.1. The standard InChI is InChI=1S/C13H15Cl2N3/c1-3-18-10(4-5-17-18)8-16-13-7-11(14)9(2)6-12(13)15/h4-7,16H,3,8H2,1-2H3. The summed E-state index contributed by atoms with van der Waals surface area (Å²) in [5.41, 5.74) is 2.94. The Kier molecular flexibility index (Phi) is 4.15. The van der Waals surface area contributed by atoms with Crippen LogP contribution < -0.4 is 5.32 Å². The molecule has 0 unspecified atom stereocenters. The van der Waals surface area contributed by atoms with E-state index in [0.29, 0.717) is 16.6 Å². The van der Waals surface area contributed by atoms with Crippen molar-refractivity contribution in [1.82, 2.24) is 9.78 Å². The summed E-state index contributed by atoms with van der Waals surface area (Å²) in [5, 5.41) is 8.89. The van der Waals surface area contributed by atoms with Crippen molar-refractivity contribution in [2.75, 3.05) is 5.32 Å². The van der Waals surface area contributed by atoms with Crippen LogP contribution in [0.4, 0.5) is 5.69 Å². The summed E-state index contributed by atoms with van der Waals surface area (Å²) in [7, 11) is 0. The molecule has 0 spiro atoms. The minimum Gasteiger partial charge on any atom is -0.378 e. The van der Waals surface area contributed by atoms with Crippen LogP contribution in [-0.2, 0) is 13.1 Å². The first-order chi connectivity index (χ1) is 8.61. The molecule has 5 heteroatoms. The minimum atomic E-state index is 0.674. The molecule has 1 aromatic heterocycles. The van der Waals surface area contributed by atoms with Crippen LogP contribution in [0.3, 0.4) is 0 Å². The molecular weight excluding hydrogens is 269 g/mol. The van der Waals surface area contributed by atoms with E-state index >= 15 is 0 Å². The molecule has 0 aliphatic carbocycles. The molecule has 0 atom stereocenters. The van der Waals surface area contributed by atoms with Crippen molar-refractivity contribution in [2.24, 2.45) is 0 Å². The number of anilines is 1. The third-order valence-corrected chi connectivity index (χ3v) is 3.53. The van der Waals surface area contributed by atoms with Crippen molar-refractivity contribution in [3.8, 4) is 0 Å². The predicted octanol–water partition coefficient (Wildman–Crippen LogP) is 4.13. The highest BCUT2D eigenvalue weighted by molar-refractivity contribution is 6.35. The lowest BCUT2D eigenvalue weighted by Crippen LogP contribution is -2.08. The summed E-state index contributed by atoms with van der Waals surface area (Å²) >= 11 is 12.3. The molecule has 1 heterocycles. The Hall–Kier alpha value is -1.19. The number of rotatable bonds is 4. The van der Waals surface area contributed by atoms with E-state index < -0.39 is 0 Å². The Balaban J connectivity index is 2.13. The summed E-state index contributed by atoms with van der Waals surface area (Å²) in [4.78, 5) is 0. The lowest BCUT2D eigenvalue weighted by atomic mass is 10.2. The fourth-order valence-corrected chi connectivity index (χ4v) is 2.21. The van der Waals surface area contributed by atoms with Gasteiger partial charge < -0.3 is 5.32 Å². The SMILES string of the molecule is CCn1nccc1CNc1cc(Cl)c(C)cc1Cl. The van der Waals surface area contributed by atoms with Crippen molar-refractivity contribution in [3.63, 3.8) is 0 Å². The molecule has 3 nitrogen and oxygen atoms in total. The molecular formula is C13H15Cl2N3. The van der Waals surface area contributed by atoms with E-state index in [-0.39, 0.29) is 0 Å². The van der Waals surface area contributed by atoms with Gasteiger partial charge in [0.05, 0.1) is 22.9 Å². The molecule has 0 aliphatic heterocycles. The van der Waals surface area contributed by atoms with Gasteiger partial charge in [-0.3, -0.25) is 4.68 Å². The second-order valence-electron chi connectivity index (χ2n) is 4.07. The van der Waals surface area contributed by atoms with E-state index in [4.69, 9.17) is 23.2 Å². The van der Waals surface area contributed by atoms with Crippen LogP contribution in [0.15, 0.2) is 24.4 Å². The number of nitrogens with zero attached hydrogens (tertiary/aromatic N) is 2. The van der Waals surface area contributed by atoms with Crippen LogP contribution in [0.2, 0.25) is 10.0 Å². The van der Waals surface area contributed by atoms with Gasteiger partial charge in [0, 0.05) is 17.8 Å². The Morgan fingerprint density at radius 2 is 2.06 bits per heavy atom. The molecule has 96 valence electrons. The van der Waals surface area contributed by atoms with Gasteiger partial charge in [0.1, 0.15) is 0 Å². The summed E-state index contributed by atoms with van der Waals surface area (Å²) in [6.07, 6.45) is 1.80. The molecule has 1 N–H and O–H groups in total. The molecule has 0 saturated heterocycles. The molecule has 0 saturated carbocycles. The largest absolute Gasteiger partial charge is 0.378 e. The topological polar surface area (TPSA) is 29.9 Å². The second kappa shape index (κ2) is 5.63. The van der Waals surface area contributed by atoms with E-state index in [1.54, 1.807) is 6.20 Å². The maximum absolute atomic E-state index is 6.17. The van der Waals surface area contributed by atoms with Crippen molar-refractivity contribution < 1.29 is 0 Å². The van der Waals surface area contributed by atoms with Crippen molar-refractivity contribution in [3.05, 3.63) is 45.7 Å². The molecule has 2 rings (SSSR count). The number of nitrogens with one attached hydrogen (secondary N) is 1. The molecule has 2 aromatic rings. The van der Waals surface area contributed by atoms with Gasteiger partial charge in [-0.2, -0.15) is 5.10 Å². The fourth-order valence-electron chi connectivity index (χ4n) is 1.76. The molecule has 0 amide bonds. The van der Waals surface area contributed by atoms with Crippen LogP contribution in [0.25, 0.3) is 0 Å². The third-order valence-electron chi connectivity index (χ3n) is 2.81. The maximum Gasteiger partial charge on any atom is 0.0641 e. The zero-order valence-electron chi connectivity index (χ0n) is 10.4. The predicted molar refractivity (Wildman–Crippen MR) is 76.4 cm³/mol. The van der Waals surface area contributed by atoms with Gasteiger partial charge in [-0.25, -0.2) is 0 Å². The molecule has 0 aliphatic rings. The van der Waals surface area contributed by atoms with Crippen molar-refractivity contribution in [2.45, 2.75) is 26.9 Å². The maximum atomic E-state index is 6.17. The number of benzene rings is 1. The smallest absolute Gasteiger partial charge is 0.0641 e. The highest BCUT2D eigenvalue weighted by Crippen LogP contribution is 2.29. The minimum absolute atomic E-state index is 0.674. The third kappa shape index (κ3) is 2.79. The molecule has 18 heavy (non-hydrogen) atoms. The van der Waals surface area contributed by atoms with Gasteiger partial charge in [-0.1, -0.05) is 23.2 Å². The first-order valence-corrected chi connectivity index (χ1v) is 6.57. The normalized spacial score (nSPS) is 10.7. The number of aromatic nitrogens is 2. The Morgan fingerprint density at radius 1 is 1.28 bits per heavy atom. The van der Waals surface area contributed by atoms with E-state index in [9.17, 15) is 0 Å². The Labute approximate surface area is 117 Å². The van der Waals surface area contributed by atoms with Gasteiger partial charge in [0.25, 0.3) is 0 Å². The summed E-state index contributed by atoms with van der Waals surface area (Å²) < 4.78 is 1.94. The summed E-state index contributed by atoms with van der Waals surface area (Å²) in [6, 6.07) is 5.70.